The predicted molar refractivity (Wildman–Crippen MR) is 68.8 cm³/mol. The van der Waals surface area contributed by atoms with Crippen LogP contribution >= 0.6 is 0 Å². The number of benzene rings is 1. The summed E-state index contributed by atoms with van der Waals surface area (Å²) in [7, 11) is 0. The van der Waals surface area contributed by atoms with E-state index < -0.39 is 59.1 Å². The lowest BCUT2D eigenvalue weighted by atomic mass is 10.1. The monoisotopic (exact) mass is 374 g/mol. The van der Waals surface area contributed by atoms with Crippen molar-refractivity contribution in [2.45, 2.75) is 18.8 Å². The number of halogens is 6. The zero-order valence-corrected chi connectivity index (χ0v) is 11.9. The summed E-state index contributed by atoms with van der Waals surface area (Å²) in [6.07, 6.45) is -11.5. The second kappa shape index (κ2) is 6.94. The lowest BCUT2D eigenvalue weighted by molar-refractivity contribution is -0.384. The number of nitro benzene ring substituents is 1. The molecule has 13 heteroatoms. The lowest BCUT2D eigenvalue weighted by Gasteiger charge is -2.23. The van der Waals surface area contributed by atoms with Gasteiger partial charge in [-0.25, -0.2) is 0 Å². The fourth-order valence-corrected chi connectivity index (χ4v) is 1.77. The summed E-state index contributed by atoms with van der Waals surface area (Å²) in [6.45, 7) is -1.13. The van der Waals surface area contributed by atoms with Crippen LogP contribution in [0.2, 0.25) is 0 Å². The molecule has 0 saturated carbocycles. The summed E-state index contributed by atoms with van der Waals surface area (Å²) in [5.74, 6) is -4.26. The van der Waals surface area contributed by atoms with Gasteiger partial charge >= 0.3 is 24.2 Å². The molecular formula is C12H8F6N2O5. The van der Waals surface area contributed by atoms with Crippen LogP contribution < -0.4 is 4.90 Å². The molecule has 1 amide bonds. The number of hydrogen-bond donors (Lipinski definition) is 1. The third-order valence-corrected chi connectivity index (χ3v) is 2.83. The van der Waals surface area contributed by atoms with E-state index in [0.717, 1.165) is 0 Å². The topological polar surface area (TPSA) is 101 Å². The van der Waals surface area contributed by atoms with Crippen molar-refractivity contribution in [2.24, 2.45) is 0 Å². The van der Waals surface area contributed by atoms with Crippen LogP contribution in [0.25, 0.3) is 0 Å². The molecule has 0 atom stereocenters. The van der Waals surface area contributed by atoms with Crippen molar-refractivity contribution in [1.29, 1.82) is 0 Å². The molecule has 1 aromatic carbocycles. The summed E-state index contributed by atoms with van der Waals surface area (Å²) in [5.41, 5.74) is -4.03. The number of nitro groups is 1. The Balaban J connectivity index is 3.49. The van der Waals surface area contributed by atoms with E-state index >= 15 is 0 Å². The van der Waals surface area contributed by atoms with Crippen LogP contribution in [0.15, 0.2) is 18.2 Å². The van der Waals surface area contributed by atoms with Crippen LogP contribution in [0.3, 0.4) is 0 Å². The molecule has 138 valence electrons. The number of carbonyl (C=O) groups is 2. The number of carboxylic acid groups (broad SMARTS) is 1. The summed E-state index contributed by atoms with van der Waals surface area (Å²) in [5, 5.41) is 19.4. The molecule has 1 aromatic rings. The van der Waals surface area contributed by atoms with Crippen molar-refractivity contribution in [1.82, 2.24) is 0 Å². The zero-order chi connectivity index (χ0) is 19.6. The van der Waals surface area contributed by atoms with Gasteiger partial charge in [-0.15, -0.1) is 0 Å². The Bertz CT molecular complexity index is 700. The molecule has 0 aromatic heterocycles. The van der Waals surface area contributed by atoms with Gasteiger partial charge in [-0.05, 0) is 12.1 Å². The van der Waals surface area contributed by atoms with Crippen LogP contribution in [-0.4, -0.2) is 34.6 Å². The van der Waals surface area contributed by atoms with Crippen molar-refractivity contribution in [3.63, 3.8) is 0 Å². The van der Waals surface area contributed by atoms with Crippen molar-refractivity contribution >= 4 is 23.3 Å². The lowest BCUT2D eigenvalue weighted by Crippen LogP contribution is -2.42. The Morgan fingerprint density at radius 1 is 1.16 bits per heavy atom. The third kappa shape index (κ3) is 5.06. The first-order valence-corrected chi connectivity index (χ1v) is 6.21. The Kier molecular flexibility index (Phi) is 5.61. The van der Waals surface area contributed by atoms with E-state index in [4.69, 9.17) is 5.11 Å². The average Bonchev–Trinajstić information content (AvgIpc) is 2.44. The van der Waals surface area contributed by atoms with Crippen LogP contribution in [0.4, 0.5) is 37.7 Å². The zero-order valence-electron chi connectivity index (χ0n) is 11.9. The van der Waals surface area contributed by atoms with E-state index in [1.807, 2.05) is 0 Å². The van der Waals surface area contributed by atoms with Gasteiger partial charge in [0.2, 0.25) is 0 Å². The van der Waals surface area contributed by atoms with Gasteiger partial charge in [0.25, 0.3) is 5.69 Å². The molecule has 25 heavy (non-hydrogen) atoms. The molecule has 0 bridgehead atoms. The summed E-state index contributed by atoms with van der Waals surface area (Å²) < 4.78 is 75.7. The van der Waals surface area contributed by atoms with Crippen molar-refractivity contribution < 1.29 is 46.0 Å². The van der Waals surface area contributed by atoms with Crippen molar-refractivity contribution in [3.05, 3.63) is 33.9 Å². The van der Waals surface area contributed by atoms with Gasteiger partial charge in [0.15, 0.2) is 0 Å². The highest BCUT2D eigenvalue weighted by atomic mass is 19.4. The molecular weight excluding hydrogens is 366 g/mol. The Morgan fingerprint density at radius 3 is 2.12 bits per heavy atom. The molecule has 0 spiro atoms. The number of aliphatic carboxylic acids is 1. The Hall–Kier alpha value is -2.86. The van der Waals surface area contributed by atoms with Gasteiger partial charge in [0.1, 0.15) is 5.69 Å². The molecule has 0 aliphatic rings. The van der Waals surface area contributed by atoms with E-state index in [-0.39, 0.29) is 17.0 Å². The highest BCUT2D eigenvalue weighted by Crippen LogP contribution is 2.37. The number of alkyl halides is 6. The molecule has 0 heterocycles. The number of carbonyl (C=O) groups excluding carboxylic acids is 1. The van der Waals surface area contributed by atoms with Gasteiger partial charge in [-0.3, -0.25) is 24.6 Å². The fraction of sp³-hybridized carbons (Fsp3) is 0.333. The minimum absolute atomic E-state index is 0.0350. The molecule has 0 aliphatic carbocycles. The van der Waals surface area contributed by atoms with Gasteiger partial charge in [-0.2, -0.15) is 26.3 Å². The highest BCUT2D eigenvalue weighted by molar-refractivity contribution is 5.99. The summed E-state index contributed by atoms with van der Waals surface area (Å²) in [6, 6.07) is 0.527. The number of rotatable bonds is 5. The Labute approximate surface area is 134 Å². The van der Waals surface area contributed by atoms with Crippen LogP contribution in [0, 0.1) is 10.1 Å². The van der Waals surface area contributed by atoms with Crippen molar-refractivity contribution in [3.8, 4) is 0 Å². The molecule has 7 nitrogen and oxygen atoms in total. The second-order valence-corrected chi connectivity index (χ2v) is 4.56. The standard InChI is InChI=1S/C12H8F6N2O5/c13-11(14,15)6-1-2-7(8(5-6)20(24)25)19(4-3-9(21)22)10(23)12(16,17)18/h1-2,5H,3-4H2,(H,21,22). The largest absolute Gasteiger partial charge is 0.481 e. The van der Waals surface area contributed by atoms with Crippen LogP contribution in [0.1, 0.15) is 12.0 Å². The quantitative estimate of drug-likeness (QED) is 0.485. The molecule has 0 aliphatic heterocycles. The van der Waals surface area contributed by atoms with Crippen molar-refractivity contribution in [2.75, 3.05) is 11.4 Å². The second-order valence-electron chi connectivity index (χ2n) is 4.56. The van der Waals surface area contributed by atoms with Gasteiger partial charge in [-0.1, -0.05) is 0 Å². The molecule has 0 saturated heterocycles. The normalized spacial score (nSPS) is 11.9. The van der Waals surface area contributed by atoms with E-state index in [1.54, 1.807) is 0 Å². The number of hydrogen-bond acceptors (Lipinski definition) is 4. The maximum atomic E-state index is 12.6. The number of nitrogens with zero attached hydrogens (tertiary/aromatic N) is 2. The van der Waals surface area contributed by atoms with Gasteiger partial charge in [0.05, 0.1) is 16.9 Å². The number of amides is 1. The predicted octanol–water partition coefficient (Wildman–Crippen LogP) is 2.98. The molecule has 0 unspecified atom stereocenters. The maximum Gasteiger partial charge on any atom is 0.471 e. The first-order chi connectivity index (χ1) is 11.2. The van der Waals surface area contributed by atoms with Crippen LogP contribution in [0.5, 0.6) is 0 Å². The average molecular weight is 374 g/mol. The minimum Gasteiger partial charge on any atom is -0.481 e. The minimum atomic E-state index is -5.52. The first-order valence-electron chi connectivity index (χ1n) is 6.21. The Morgan fingerprint density at radius 2 is 1.72 bits per heavy atom. The first kappa shape index (κ1) is 20.2. The van der Waals surface area contributed by atoms with Gasteiger partial charge < -0.3 is 5.11 Å². The van der Waals surface area contributed by atoms with E-state index in [9.17, 15) is 46.0 Å². The fourth-order valence-electron chi connectivity index (χ4n) is 1.77. The highest BCUT2D eigenvalue weighted by Gasteiger charge is 2.45. The maximum absolute atomic E-state index is 12.6. The number of carboxylic acids is 1. The van der Waals surface area contributed by atoms with E-state index in [2.05, 4.69) is 0 Å². The van der Waals surface area contributed by atoms with Gasteiger partial charge in [0, 0.05) is 12.6 Å². The number of anilines is 1. The van der Waals surface area contributed by atoms with E-state index in [0.29, 0.717) is 6.07 Å². The molecule has 0 radical (unpaired) electrons. The summed E-state index contributed by atoms with van der Waals surface area (Å²) in [4.78, 5) is 31.1. The smallest absolute Gasteiger partial charge is 0.471 e. The van der Waals surface area contributed by atoms with E-state index in [1.165, 1.54) is 0 Å². The summed E-state index contributed by atoms with van der Waals surface area (Å²) >= 11 is 0. The molecule has 1 rings (SSSR count). The third-order valence-electron chi connectivity index (χ3n) is 2.83. The SMILES string of the molecule is O=C(O)CCN(C(=O)C(F)(F)F)c1ccc(C(F)(F)F)cc1[N+](=O)[O-]. The van der Waals surface area contributed by atoms with Crippen LogP contribution in [-0.2, 0) is 15.8 Å². The molecule has 0 fully saturated rings. The molecule has 1 N–H and O–H groups in total.